The minimum atomic E-state index is -1.76. The van der Waals surface area contributed by atoms with Crippen molar-refractivity contribution >= 4 is 32.7 Å². The van der Waals surface area contributed by atoms with E-state index in [2.05, 4.69) is 0 Å². The average Bonchev–Trinajstić information content (AvgIpc) is 2.87. The van der Waals surface area contributed by atoms with E-state index in [1.165, 1.54) is 33.5 Å². The molecule has 4 N–H and O–H groups in total. The zero-order valence-electron chi connectivity index (χ0n) is 19.2. The van der Waals surface area contributed by atoms with Crippen LogP contribution in [0.1, 0.15) is 0 Å². The lowest BCUT2D eigenvalue weighted by Gasteiger charge is -2.39. The molecule has 1 fully saturated rings. The molecule has 0 aliphatic carbocycles. The van der Waals surface area contributed by atoms with Crippen molar-refractivity contribution in [2.24, 2.45) is 0 Å². The van der Waals surface area contributed by atoms with E-state index in [0.29, 0.717) is 0 Å². The molecule has 0 saturated carbocycles. The van der Waals surface area contributed by atoms with E-state index in [1.54, 1.807) is 0 Å². The second-order valence-corrected chi connectivity index (χ2v) is 8.11. The molecule has 1 aliphatic rings. The summed E-state index contributed by atoms with van der Waals surface area (Å²) in [5, 5.41) is 40.2. The first-order valence-corrected chi connectivity index (χ1v) is 10.7. The maximum Gasteiger partial charge on any atom is 0.348 e. The molecular formula is C23H22O13. The molecule has 4 aromatic rings. The number of ether oxygens (including phenoxy) is 5. The standard InChI is InChI=1S/C23H22O13/c1-30-9-4-7-12-13-8(33-21(28)14(12)19(9)32-3)5-10(31-2)20(15(13)22(29)34-7)36-23-18(27)17(26)16(25)11(6-24)35-23/h4-5,11,16-18,23-27H,6H2,1-3H3/t11-,16-,17+,18-,23+/m1/s1. The molecule has 2 aromatic heterocycles. The number of aliphatic hydroxyl groups is 4. The normalized spacial score (nSPS) is 24.5. The smallest absolute Gasteiger partial charge is 0.348 e. The minimum absolute atomic E-state index is 0.0157. The first-order valence-electron chi connectivity index (χ1n) is 10.7. The summed E-state index contributed by atoms with van der Waals surface area (Å²) in [5.41, 5.74) is -1.70. The highest BCUT2D eigenvalue weighted by Crippen LogP contribution is 2.46. The van der Waals surface area contributed by atoms with Gasteiger partial charge in [-0.05, 0) is 0 Å². The summed E-state index contributed by atoms with van der Waals surface area (Å²) in [6, 6.07) is 2.70. The van der Waals surface area contributed by atoms with E-state index in [1.807, 2.05) is 0 Å². The van der Waals surface area contributed by atoms with Crippen molar-refractivity contribution in [1.29, 1.82) is 0 Å². The first-order chi connectivity index (χ1) is 17.2. The lowest BCUT2D eigenvalue weighted by molar-refractivity contribution is -0.277. The monoisotopic (exact) mass is 506 g/mol. The number of methoxy groups -OCH3 is 3. The summed E-state index contributed by atoms with van der Waals surface area (Å²) in [5.74, 6) is -0.148. The molecule has 0 amide bonds. The van der Waals surface area contributed by atoms with Gasteiger partial charge >= 0.3 is 11.3 Å². The molecule has 3 heterocycles. The zero-order valence-corrected chi connectivity index (χ0v) is 19.2. The zero-order chi connectivity index (χ0) is 25.9. The van der Waals surface area contributed by atoms with Crippen molar-refractivity contribution in [3.8, 4) is 23.0 Å². The molecule has 5 rings (SSSR count). The fourth-order valence-corrected chi connectivity index (χ4v) is 4.49. The molecule has 1 aliphatic heterocycles. The fourth-order valence-electron chi connectivity index (χ4n) is 4.49. The molecule has 13 heteroatoms. The van der Waals surface area contributed by atoms with Crippen LogP contribution in [0.3, 0.4) is 0 Å². The van der Waals surface area contributed by atoms with Crippen LogP contribution >= 0.6 is 0 Å². The van der Waals surface area contributed by atoms with Gasteiger partial charge in [-0.15, -0.1) is 0 Å². The summed E-state index contributed by atoms with van der Waals surface area (Å²) >= 11 is 0. The second-order valence-electron chi connectivity index (χ2n) is 8.11. The maximum atomic E-state index is 13.2. The lowest BCUT2D eigenvalue weighted by atomic mass is 9.99. The minimum Gasteiger partial charge on any atom is -0.493 e. The molecule has 0 radical (unpaired) electrons. The van der Waals surface area contributed by atoms with Crippen LogP contribution in [-0.4, -0.2) is 79.1 Å². The number of aliphatic hydroxyl groups excluding tert-OH is 4. The molecule has 0 bridgehead atoms. The van der Waals surface area contributed by atoms with Crippen molar-refractivity contribution in [3.63, 3.8) is 0 Å². The number of rotatable bonds is 6. The number of hydrogen-bond acceptors (Lipinski definition) is 13. The third kappa shape index (κ3) is 3.36. The van der Waals surface area contributed by atoms with Gasteiger partial charge in [-0.3, -0.25) is 0 Å². The van der Waals surface area contributed by atoms with Crippen LogP contribution in [0.5, 0.6) is 23.0 Å². The Morgan fingerprint density at radius 2 is 1.28 bits per heavy atom. The van der Waals surface area contributed by atoms with E-state index < -0.39 is 48.6 Å². The summed E-state index contributed by atoms with van der Waals surface area (Å²) in [7, 11) is 3.95. The molecule has 5 atom stereocenters. The van der Waals surface area contributed by atoms with Crippen LogP contribution in [0, 0.1) is 0 Å². The predicted molar refractivity (Wildman–Crippen MR) is 121 cm³/mol. The molecule has 2 aromatic carbocycles. The topological polar surface area (TPSA) is 187 Å². The first kappa shape index (κ1) is 24.1. The van der Waals surface area contributed by atoms with Gasteiger partial charge in [0.1, 0.15) is 46.4 Å². The predicted octanol–water partition coefficient (Wildman–Crippen LogP) is -0.305. The summed E-state index contributed by atoms with van der Waals surface area (Å²) in [6.07, 6.45) is -7.99. The van der Waals surface area contributed by atoms with Crippen molar-refractivity contribution in [2.75, 3.05) is 27.9 Å². The van der Waals surface area contributed by atoms with E-state index in [4.69, 9.17) is 32.5 Å². The van der Waals surface area contributed by atoms with Crippen molar-refractivity contribution in [1.82, 2.24) is 0 Å². The van der Waals surface area contributed by atoms with Gasteiger partial charge in [0.15, 0.2) is 23.0 Å². The third-order valence-electron chi connectivity index (χ3n) is 6.21. The van der Waals surface area contributed by atoms with Crippen LogP contribution in [0.25, 0.3) is 32.7 Å². The van der Waals surface area contributed by atoms with Crippen molar-refractivity contribution < 1.29 is 52.9 Å². The van der Waals surface area contributed by atoms with Crippen LogP contribution in [0.15, 0.2) is 30.6 Å². The maximum absolute atomic E-state index is 13.2. The second kappa shape index (κ2) is 8.80. The van der Waals surface area contributed by atoms with E-state index in [0.717, 1.165) is 0 Å². The highest BCUT2D eigenvalue weighted by molar-refractivity contribution is 6.22. The molecule has 13 nitrogen and oxygen atoms in total. The summed E-state index contributed by atoms with van der Waals surface area (Å²) in [6.45, 7) is -0.685. The summed E-state index contributed by atoms with van der Waals surface area (Å²) < 4.78 is 38.2. The van der Waals surface area contributed by atoms with Crippen molar-refractivity contribution in [2.45, 2.75) is 30.7 Å². The Morgan fingerprint density at radius 3 is 1.78 bits per heavy atom. The third-order valence-corrected chi connectivity index (χ3v) is 6.21. The van der Waals surface area contributed by atoms with Gasteiger partial charge in [-0.1, -0.05) is 0 Å². The van der Waals surface area contributed by atoms with Gasteiger partial charge < -0.3 is 52.9 Å². The van der Waals surface area contributed by atoms with Crippen LogP contribution in [-0.2, 0) is 4.74 Å². The largest absolute Gasteiger partial charge is 0.493 e. The molecule has 36 heavy (non-hydrogen) atoms. The Labute approximate surface area is 200 Å². The lowest BCUT2D eigenvalue weighted by Crippen LogP contribution is -2.60. The quantitative estimate of drug-likeness (QED) is 0.197. The Balaban J connectivity index is 1.82. The van der Waals surface area contributed by atoms with Gasteiger partial charge in [0.05, 0.1) is 27.9 Å². The molecular weight excluding hydrogens is 484 g/mol. The number of hydrogen-bond donors (Lipinski definition) is 4. The van der Waals surface area contributed by atoms with E-state index >= 15 is 0 Å². The van der Waals surface area contributed by atoms with Gasteiger partial charge in [0, 0.05) is 22.9 Å². The Morgan fingerprint density at radius 1 is 0.750 bits per heavy atom. The Kier molecular flexibility index (Phi) is 5.89. The van der Waals surface area contributed by atoms with E-state index in [9.17, 15) is 30.0 Å². The highest BCUT2D eigenvalue weighted by atomic mass is 16.7. The van der Waals surface area contributed by atoms with E-state index in [-0.39, 0.29) is 55.7 Å². The van der Waals surface area contributed by atoms with Crippen LogP contribution in [0.2, 0.25) is 0 Å². The highest BCUT2D eigenvalue weighted by Gasteiger charge is 2.45. The van der Waals surface area contributed by atoms with Crippen LogP contribution < -0.4 is 30.2 Å². The summed E-state index contributed by atoms with van der Waals surface area (Å²) in [4.78, 5) is 26.2. The Bertz CT molecular complexity index is 1550. The molecule has 1 saturated heterocycles. The number of benzene rings is 2. The van der Waals surface area contributed by atoms with Crippen molar-refractivity contribution in [3.05, 3.63) is 33.0 Å². The molecule has 192 valence electrons. The average molecular weight is 506 g/mol. The van der Waals surface area contributed by atoms with Gasteiger partial charge in [-0.25, -0.2) is 9.59 Å². The van der Waals surface area contributed by atoms with Gasteiger partial charge in [-0.2, -0.15) is 0 Å². The Hall–Kier alpha value is -3.62. The van der Waals surface area contributed by atoms with Gasteiger partial charge in [0.2, 0.25) is 6.29 Å². The SMILES string of the molecule is COc1cc2oc(=O)c3c(O[C@@H]4O[C@H](CO)[C@@H](O)[C@H](O)[C@H]4O)c(OC)cc4oc(=O)c(c1OC)c2c43. The fraction of sp³-hybridized carbons (Fsp3) is 0.391. The van der Waals surface area contributed by atoms with Crippen LogP contribution in [0.4, 0.5) is 0 Å². The molecule has 0 spiro atoms. The van der Waals surface area contributed by atoms with Gasteiger partial charge in [0.25, 0.3) is 0 Å². The molecule has 0 unspecified atom stereocenters.